The molecule has 4 nitrogen and oxygen atoms in total. The molecular weight excluding hydrogens is 308 g/mol. The molecule has 0 saturated carbocycles. The second kappa shape index (κ2) is 7.16. The van der Waals surface area contributed by atoms with Crippen molar-refractivity contribution in [3.05, 3.63) is 28.5 Å². The van der Waals surface area contributed by atoms with Gasteiger partial charge in [-0.2, -0.15) is 0 Å². The highest BCUT2D eigenvalue weighted by atomic mass is 32.1. The third-order valence-corrected chi connectivity index (χ3v) is 5.54. The predicted octanol–water partition coefficient (Wildman–Crippen LogP) is 2.86. The van der Waals surface area contributed by atoms with Gasteiger partial charge >= 0.3 is 0 Å². The standard InChI is InChI=1S/C18H26N2O2S/c1-19(2)13-15-5-3-9-18(22-15)10-11-20(14-18)17(21)8-7-16-6-4-12-23-16/h4,6-8,12,15H,3,5,9-11,13-14H2,1-2H3/b8-7+/t15-,18-/m1/s1. The van der Waals surface area contributed by atoms with E-state index in [0.29, 0.717) is 6.10 Å². The molecule has 23 heavy (non-hydrogen) atoms. The maximum Gasteiger partial charge on any atom is 0.246 e. The first-order valence-electron chi connectivity index (χ1n) is 8.39. The molecule has 2 fully saturated rings. The van der Waals surface area contributed by atoms with Gasteiger partial charge in [-0.15, -0.1) is 11.3 Å². The number of hydrogen-bond donors (Lipinski definition) is 0. The number of likely N-dealkylation sites (N-methyl/N-ethyl adjacent to an activating group) is 1. The van der Waals surface area contributed by atoms with Crippen molar-refractivity contribution >= 4 is 23.3 Å². The van der Waals surface area contributed by atoms with Crippen LogP contribution in [0.3, 0.4) is 0 Å². The van der Waals surface area contributed by atoms with Crippen molar-refractivity contribution in [1.29, 1.82) is 0 Å². The summed E-state index contributed by atoms with van der Waals surface area (Å²) >= 11 is 1.65. The van der Waals surface area contributed by atoms with Crippen molar-refractivity contribution in [3.63, 3.8) is 0 Å². The number of likely N-dealkylation sites (tertiary alicyclic amines) is 1. The number of amides is 1. The maximum absolute atomic E-state index is 12.4. The third-order valence-electron chi connectivity index (χ3n) is 4.71. The Kier molecular flexibility index (Phi) is 5.19. The molecule has 2 aliphatic rings. The van der Waals surface area contributed by atoms with E-state index in [1.165, 1.54) is 6.42 Å². The van der Waals surface area contributed by atoms with Crippen LogP contribution in [0.1, 0.15) is 30.6 Å². The zero-order chi connectivity index (χ0) is 16.3. The van der Waals surface area contributed by atoms with Crippen LogP contribution in [-0.2, 0) is 9.53 Å². The van der Waals surface area contributed by atoms with Gasteiger partial charge in [-0.05, 0) is 57.3 Å². The first kappa shape index (κ1) is 16.7. The number of thiophene rings is 1. The number of carbonyl (C=O) groups excluding carboxylic acids is 1. The van der Waals surface area contributed by atoms with Crippen LogP contribution in [0.5, 0.6) is 0 Å². The monoisotopic (exact) mass is 334 g/mol. The van der Waals surface area contributed by atoms with Crippen LogP contribution >= 0.6 is 11.3 Å². The number of rotatable bonds is 4. The lowest BCUT2D eigenvalue weighted by atomic mass is 9.90. The molecular formula is C18H26N2O2S. The Hall–Kier alpha value is -1.17. The molecule has 0 aliphatic carbocycles. The molecule has 0 N–H and O–H groups in total. The van der Waals surface area contributed by atoms with Crippen molar-refractivity contribution in [3.8, 4) is 0 Å². The predicted molar refractivity (Wildman–Crippen MR) is 94.6 cm³/mol. The van der Waals surface area contributed by atoms with Crippen LogP contribution in [0.25, 0.3) is 6.08 Å². The lowest BCUT2D eigenvalue weighted by molar-refractivity contribution is -0.136. The highest BCUT2D eigenvalue weighted by Gasteiger charge is 2.43. The van der Waals surface area contributed by atoms with E-state index in [-0.39, 0.29) is 11.5 Å². The molecule has 2 aliphatic heterocycles. The van der Waals surface area contributed by atoms with Gasteiger partial charge in [0.2, 0.25) is 5.91 Å². The van der Waals surface area contributed by atoms with E-state index in [4.69, 9.17) is 4.74 Å². The van der Waals surface area contributed by atoms with E-state index in [9.17, 15) is 4.79 Å². The molecule has 3 heterocycles. The van der Waals surface area contributed by atoms with Crippen molar-refractivity contribution in [2.45, 2.75) is 37.4 Å². The van der Waals surface area contributed by atoms with E-state index in [0.717, 1.165) is 43.8 Å². The molecule has 1 aromatic heterocycles. The molecule has 2 atom stereocenters. The zero-order valence-corrected chi connectivity index (χ0v) is 14.8. The second-order valence-electron chi connectivity index (χ2n) is 6.94. The molecule has 1 spiro atoms. The van der Waals surface area contributed by atoms with E-state index >= 15 is 0 Å². The zero-order valence-electron chi connectivity index (χ0n) is 14.0. The van der Waals surface area contributed by atoms with Gasteiger partial charge in [0, 0.05) is 24.0 Å². The number of nitrogens with zero attached hydrogens (tertiary/aromatic N) is 2. The largest absolute Gasteiger partial charge is 0.369 e. The van der Waals surface area contributed by atoms with Crippen molar-refractivity contribution < 1.29 is 9.53 Å². The van der Waals surface area contributed by atoms with Crippen LogP contribution in [-0.4, -0.2) is 61.1 Å². The SMILES string of the molecule is CN(C)C[C@H]1CCC[C@]2(CCN(C(=O)/C=C/c3cccs3)C2)O1. The van der Waals surface area contributed by atoms with Crippen LogP contribution < -0.4 is 0 Å². The van der Waals surface area contributed by atoms with Gasteiger partial charge in [0.15, 0.2) is 0 Å². The fourth-order valence-electron chi connectivity index (χ4n) is 3.64. The van der Waals surface area contributed by atoms with Gasteiger partial charge in [0.25, 0.3) is 0 Å². The summed E-state index contributed by atoms with van der Waals surface area (Å²) < 4.78 is 6.42. The summed E-state index contributed by atoms with van der Waals surface area (Å²) in [7, 11) is 4.18. The molecule has 0 unspecified atom stereocenters. The number of carbonyl (C=O) groups is 1. The molecule has 0 aromatic carbocycles. The first-order chi connectivity index (χ1) is 11.1. The minimum Gasteiger partial charge on any atom is -0.369 e. The Balaban J connectivity index is 1.57. The highest BCUT2D eigenvalue weighted by Crippen LogP contribution is 2.36. The summed E-state index contributed by atoms with van der Waals surface area (Å²) in [6, 6.07) is 4.02. The molecule has 2 saturated heterocycles. The summed E-state index contributed by atoms with van der Waals surface area (Å²) in [5.41, 5.74) is -0.106. The summed E-state index contributed by atoms with van der Waals surface area (Å²) in [4.78, 5) is 17.7. The smallest absolute Gasteiger partial charge is 0.246 e. The van der Waals surface area contributed by atoms with Gasteiger partial charge in [0.1, 0.15) is 0 Å². The normalized spacial score (nSPS) is 28.3. The van der Waals surface area contributed by atoms with E-state index in [1.54, 1.807) is 17.4 Å². The second-order valence-corrected chi connectivity index (χ2v) is 7.92. The van der Waals surface area contributed by atoms with Gasteiger partial charge in [0.05, 0.1) is 18.2 Å². The Morgan fingerprint density at radius 1 is 1.52 bits per heavy atom. The molecule has 0 bridgehead atoms. The molecule has 3 rings (SSSR count). The van der Waals surface area contributed by atoms with Gasteiger partial charge in [-0.25, -0.2) is 0 Å². The average Bonchev–Trinajstić information content (AvgIpc) is 3.14. The molecule has 0 radical (unpaired) electrons. The first-order valence-corrected chi connectivity index (χ1v) is 9.27. The van der Waals surface area contributed by atoms with Gasteiger partial charge in [-0.3, -0.25) is 4.79 Å². The quantitative estimate of drug-likeness (QED) is 0.794. The summed E-state index contributed by atoms with van der Waals surface area (Å²) in [5.74, 6) is 0.105. The fourth-order valence-corrected chi connectivity index (χ4v) is 4.26. The number of hydrogen-bond acceptors (Lipinski definition) is 4. The van der Waals surface area contributed by atoms with Crippen LogP contribution in [0.15, 0.2) is 23.6 Å². The minimum atomic E-state index is -0.106. The highest BCUT2D eigenvalue weighted by molar-refractivity contribution is 7.10. The average molecular weight is 334 g/mol. The Labute approximate surface area is 142 Å². The summed E-state index contributed by atoms with van der Waals surface area (Å²) in [6.07, 6.45) is 8.29. The molecule has 5 heteroatoms. The summed E-state index contributed by atoms with van der Waals surface area (Å²) in [5, 5.41) is 2.02. The van der Waals surface area contributed by atoms with Crippen LogP contribution in [0.2, 0.25) is 0 Å². The Morgan fingerprint density at radius 2 is 2.39 bits per heavy atom. The Bertz CT molecular complexity index is 555. The molecule has 1 amide bonds. The maximum atomic E-state index is 12.4. The van der Waals surface area contributed by atoms with Crippen LogP contribution in [0, 0.1) is 0 Å². The van der Waals surface area contributed by atoms with Crippen molar-refractivity contribution in [2.24, 2.45) is 0 Å². The van der Waals surface area contributed by atoms with E-state index in [2.05, 4.69) is 19.0 Å². The lowest BCUT2D eigenvalue weighted by Gasteiger charge is -2.39. The van der Waals surface area contributed by atoms with Crippen molar-refractivity contribution in [1.82, 2.24) is 9.80 Å². The lowest BCUT2D eigenvalue weighted by Crippen LogP contribution is -2.46. The summed E-state index contributed by atoms with van der Waals surface area (Å²) in [6.45, 7) is 2.51. The topological polar surface area (TPSA) is 32.8 Å². The van der Waals surface area contributed by atoms with E-state index in [1.807, 2.05) is 28.5 Å². The minimum absolute atomic E-state index is 0.105. The Morgan fingerprint density at radius 3 is 3.13 bits per heavy atom. The fraction of sp³-hybridized carbons (Fsp3) is 0.611. The van der Waals surface area contributed by atoms with Crippen LogP contribution in [0.4, 0.5) is 0 Å². The van der Waals surface area contributed by atoms with E-state index < -0.39 is 0 Å². The number of ether oxygens (including phenoxy) is 1. The molecule has 126 valence electrons. The van der Waals surface area contributed by atoms with Crippen molar-refractivity contribution in [2.75, 3.05) is 33.7 Å². The third kappa shape index (κ3) is 4.22. The van der Waals surface area contributed by atoms with Gasteiger partial charge < -0.3 is 14.5 Å². The molecule has 1 aromatic rings. The van der Waals surface area contributed by atoms with Gasteiger partial charge in [-0.1, -0.05) is 6.07 Å².